The molecule has 3 heteroatoms. The van der Waals surface area contributed by atoms with E-state index in [2.05, 4.69) is 10.2 Å². The molecule has 4 atom stereocenters. The van der Waals surface area contributed by atoms with Gasteiger partial charge in [0.05, 0.1) is 12.7 Å². The third kappa shape index (κ3) is 2.57. The summed E-state index contributed by atoms with van der Waals surface area (Å²) in [5.74, 6) is 0.918. The van der Waals surface area contributed by atoms with E-state index in [-0.39, 0.29) is 0 Å². The topological polar surface area (TPSA) is 24.5 Å². The number of nitrogens with one attached hydrogen (secondary N) is 1. The lowest BCUT2D eigenvalue weighted by Crippen LogP contribution is -2.61. The molecule has 19 heavy (non-hydrogen) atoms. The van der Waals surface area contributed by atoms with Gasteiger partial charge in [0.25, 0.3) is 0 Å². The van der Waals surface area contributed by atoms with E-state index in [0.717, 1.165) is 30.7 Å². The van der Waals surface area contributed by atoms with E-state index in [4.69, 9.17) is 4.74 Å². The van der Waals surface area contributed by atoms with Crippen molar-refractivity contribution >= 4 is 0 Å². The van der Waals surface area contributed by atoms with Gasteiger partial charge in [0, 0.05) is 24.7 Å². The van der Waals surface area contributed by atoms with Crippen molar-refractivity contribution in [3.8, 4) is 0 Å². The van der Waals surface area contributed by atoms with Crippen LogP contribution in [0.25, 0.3) is 0 Å². The van der Waals surface area contributed by atoms with Crippen LogP contribution in [-0.2, 0) is 4.74 Å². The minimum Gasteiger partial charge on any atom is -0.375 e. The van der Waals surface area contributed by atoms with Crippen molar-refractivity contribution in [3.63, 3.8) is 0 Å². The van der Waals surface area contributed by atoms with Crippen LogP contribution in [0.4, 0.5) is 0 Å². The normalized spacial score (nSPS) is 43.6. The molecular formula is C16H28N2O. The summed E-state index contributed by atoms with van der Waals surface area (Å²) in [6, 6.07) is 2.48. The Morgan fingerprint density at radius 2 is 1.84 bits per heavy atom. The lowest BCUT2D eigenvalue weighted by atomic mass is 9.76. The first-order chi connectivity index (χ1) is 9.42. The summed E-state index contributed by atoms with van der Waals surface area (Å²) in [6.07, 6.45) is 11.7. The zero-order chi connectivity index (χ0) is 12.7. The van der Waals surface area contributed by atoms with Gasteiger partial charge in [0.15, 0.2) is 0 Å². The Labute approximate surface area is 117 Å². The number of morpholine rings is 1. The van der Waals surface area contributed by atoms with Crippen molar-refractivity contribution in [3.05, 3.63) is 0 Å². The van der Waals surface area contributed by atoms with Crippen LogP contribution in [0.15, 0.2) is 0 Å². The Morgan fingerprint density at radius 1 is 0.947 bits per heavy atom. The molecule has 0 amide bonds. The summed E-state index contributed by atoms with van der Waals surface area (Å²) < 4.78 is 6.02. The van der Waals surface area contributed by atoms with Crippen molar-refractivity contribution in [1.29, 1.82) is 0 Å². The Morgan fingerprint density at radius 3 is 2.63 bits per heavy atom. The van der Waals surface area contributed by atoms with Crippen LogP contribution >= 0.6 is 0 Å². The second kappa shape index (κ2) is 5.34. The summed E-state index contributed by atoms with van der Waals surface area (Å²) in [7, 11) is 0. The quantitative estimate of drug-likeness (QED) is 0.842. The number of hydrogen-bond donors (Lipinski definition) is 1. The van der Waals surface area contributed by atoms with Crippen LogP contribution in [0.3, 0.4) is 0 Å². The maximum Gasteiger partial charge on any atom is 0.0731 e. The summed E-state index contributed by atoms with van der Waals surface area (Å²) in [5, 5.41) is 3.74. The van der Waals surface area contributed by atoms with Gasteiger partial charge in [0.1, 0.15) is 0 Å². The molecule has 0 aromatic heterocycles. The predicted octanol–water partition coefficient (Wildman–Crippen LogP) is 2.16. The highest BCUT2D eigenvalue weighted by molar-refractivity contribution is 4.98. The van der Waals surface area contributed by atoms with E-state index < -0.39 is 0 Å². The molecule has 4 fully saturated rings. The van der Waals surface area contributed by atoms with Gasteiger partial charge in [-0.3, -0.25) is 4.90 Å². The largest absolute Gasteiger partial charge is 0.375 e. The number of hydrogen-bond acceptors (Lipinski definition) is 3. The molecule has 1 saturated heterocycles. The van der Waals surface area contributed by atoms with E-state index in [1.807, 2.05) is 0 Å². The third-order valence-electron chi connectivity index (χ3n) is 5.82. The molecule has 4 rings (SSSR count). The maximum atomic E-state index is 6.02. The SMILES string of the molecule is C1CCC2C(C1)OCCN2C1CCC1CNC1CC1. The number of rotatable bonds is 4. The average Bonchev–Trinajstić information content (AvgIpc) is 3.22. The van der Waals surface area contributed by atoms with Crippen LogP contribution in [-0.4, -0.2) is 48.8 Å². The Hall–Kier alpha value is -0.120. The molecule has 3 aliphatic carbocycles. The number of fused-ring (bicyclic) bond motifs is 1. The first-order valence-corrected chi connectivity index (χ1v) is 8.52. The second-order valence-electron chi connectivity index (χ2n) is 7.09. The first kappa shape index (κ1) is 12.6. The van der Waals surface area contributed by atoms with Crippen molar-refractivity contribution in [2.75, 3.05) is 19.7 Å². The highest BCUT2D eigenvalue weighted by atomic mass is 16.5. The minimum absolute atomic E-state index is 0.556. The summed E-state index contributed by atoms with van der Waals surface area (Å²) in [5.41, 5.74) is 0. The fraction of sp³-hybridized carbons (Fsp3) is 1.00. The average molecular weight is 264 g/mol. The van der Waals surface area contributed by atoms with Crippen LogP contribution in [0, 0.1) is 5.92 Å². The minimum atomic E-state index is 0.556. The molecule has 0 spiro atoms. The molecule has 4 aliphatic rings. The van der Waals surface area contributed by atoms with Crippen molar-refractivity contribution in [2.24, 2.45) is 5.92 Å². The summed E-state index contributed by atoms with van der Waals surface area (Å²) >= 11 is 0. The molecule has 3 nitrogen and oxygen atoms in total. The van der Waals surface area contributed by atoms with Crippen molar-refractivity contribution in [2.45, 2.75) is 75.6 Å². The number of nitrogens with zero attached hydrogens (tertiary/aromatic N) is 1. The summed E-state index contributed by atoms with van der Waals surface area (Å²) in [6.45, 7) is 3.43. The van der Waals surface area contributed by atoms with E-state index in [9.17, 15) is 0 Å². The zero-order valence-corrected chi connectivity index (χ0v) is 12.0. The van der Waals surface area contributed by atoms with Crippen LogP contribution in [0.2, 0.25) is 0 Å². The Bertz CT molecular complexity index is 316. The first-order valence-electron chi connectivity index (χ1n) is 8.52. The highest BCUT2D eigenvalue weighted by Gasteiger charge is 2.43. The Kier molecular flexibility index (Phi) is 3.55. The van der Waals surface area contributed by atoms with Gasteiger partial charge in [-0.2, -0.15) is 0 Å². The van der Waals surface area contributed by atoms with Gasteiger partial charge in [-0.15, -0.1) is 0 Å². The smallest absolute Gasteiger partial charge is 0.0731 e. The lowest BCUT2D eigenvalue weighted by Gasteiger charge is -2.53. The summed E-state index contributed by atoms with van der Waals surface area (Å²) in [4.78, 5) is 2.84. The third-order valence-corrected chi connectivity index (χ3v) is 5.82. The second-order valence-corrected chi connectivity index (χ2v) is 7.09. The molecule has 0 aromatic rings. The molecule has 0 radical (unpaired) electrons. The molecule has 0 aromatic carbocycles. The lowest BCUT2D eigenvalue weighted by molar-refractivity contribution is -0.123. The zero-order valence-electron chi connectivity index (χ0n) is 12.0. The molecular weight excluding hydrogens is 236 g/mol. The molecule has 1 N–H and O–H groups in total. The van der Waals surface area contributed by atoms with Crippen LogP contribution < -0.4 is 5.32 Å². The fourth-order valence-corrected chi connectivity index (χ4v) is 4.37. The van der Waals surface area contributed by atoms with Crippen molar-refractivity contribution in [1.82, 2.24) is 10.2 Å². The molecule has 4 unspecified atom stereocenters. The maximum absolute atomic E-state index is 6.02. The molecule has 3 saturated carbocycles. The molecule has 0 bridgehead atoms. The van der Waals surface area contributed by atoms with Gasteiger partial charge in [-0.1, -0.05) is 12.8 Å². The van der Waals surface area contributed by atoms with Crippen LogP contribution in [0.5, 0.6) is 0 Å². The Balaban J connectivity index is 1.36. The number of ether oxygens (including phenoxy) is 1. The standard InChI is InChI=1S/C16H28N2O/c1-2-4-16-15(3-1)18(9-10-19-16)14-8-5-12(14)11-17-13-6-7-13/h12-17H,1-11H2. The fourth-order valence-electron chi connectivity index (χ4n) is 4.37. The molecule has 1 aliphatic heterocycles. The van der Waals surface area contributed by atoms with Gasteiger partial charge in [-0.25, -0.2) is 0 Å². The predicted molar refractivity (Wildman–Crippen MR) is 76.2 cm³/mol. The van der Waals surface area contributed by atoms with E-state index in [1.165, 1.54) is 64.5 Å². The van der Waals surface area contributed by atoms with Gasteiger partial charge < -0.3 is 10.1 Å². The van der Waals surface area contributed by atoms with E-state index >= 15 is 0 Å². The highest BCUT2D eigenvalue weighted by Crippen LogP contribution is 2.38. The van der Waals surface area contributed by atoms with Crippen molar-refractivity contribution < 1.29 is 4.74 Å². The van der Waals surface area contributed by atoms with Gasteiger partial charge in [0.2, 0.25) is 0 Å². The van der Waals surface area contributed by atoms with Gasteiger partial charge in [-0.05, 0) is 51.0 Å². The van der Waals surface area contributed by atoms with E-state index in [1.54, 1.807) is 0 Å². The molecule has 1 heterocycles. The van der Waals surface area contributed by atoms with Gasteiger partial charge >= 0.3 is 0 Å². The monoisotopic (exact) mass is 264 g/mol. The van der Waals surface area contributed by atoms with E-state index in [0.29, 0.717) is 6.10 Å². The van der Waals surface area contributed by atoms with Crippen LogP contribution in [0.1, 0.15) is 51.4 Å². The molecule has 108 valence electrons.